The van der Waals surface area contributed by atoms with E-state index in [1.165, 1.54) is 12.3 Å². The molecule has 1 amide bonds. The molecule has 0 aliphatic carbocycles. The SMILES string of the molecule is N=C(N)NC(=O)OCc1cccc(C2=CNC(F)C=C2)n1. The van der Waals surface area contributed by atoms with Crippen molar-refractivity contribution in [3.63, 3.8) is 0 Å². The quantitative estimate of drug-likeness (QED) is 0.377. The van der Waals surface area contributed by atoms with Crippen LogP contribution in [-0.2, 0) is 11.3 Å². The van der Waals surface area contributed by atoms with Crippen LogP contribution in [0.3, 0.4) is 0 Å². The van der Waals surface area contributed by atoms with Crippen molar-refractivity contribution in [2.24, 2.45) is 5.73 Å². The number of alkyl halides is 1. The van der Waals surface area contributed by atoms with Gasteiger partial charge in [0.05, 0.1) is 11.4 Å². The van der Waals surface area contributed by atoms with Gasteiger partial charge < -0.3 is 15.8 Å². The number of alkyl carbamates (subject to hydrolysis) is 1. The fourth-order valence-electron chi connectivity index (χ4n) is 1.63. The van der Waals surface area contributed by atoms with Gasteiger partial charge >= 0.3 is 6.09 Å². The lowest BCUT2D eigenvalue weighted by atomic mass is 10.1. The van der Waals surface area contributed by atoms with Gasteiger partial charge in [0.25, 0.3) is 0 Å². The van der Waals surface area contributed by atoms with Crippen LogP contribution in [0.5, 0.6) is 0 Å². The van der Waals surface area contributed by atoms with E-state index in [4.69, 9.17) is 15.9 Å². The zero-order valence-electron chi connectivity index (χ0n) is 11.0. The highest BCUT2D eigenvalue weighted by atomic mass is 19.1. The Hall–Kier alpha value is -2.90. The van der Waals surface area contributed by atoms with Gasteiger partial charge in [0.1, 0.15) is 6.61 Å². The molecule has 2 heterocycles. The molecule has 7 nitrogen and oxygen atoms in total. The lowest BCUT2D eigenvalue weighted by Crippen LogP contribution is -2.36. The molecule has 0 spiro atoms. The Morgan fingerprint density at radius 1 is 1.57 bits per heavy atom. The molecular formula is C13H14FN5O2. The molecule has 1 aliphatic heterocycles. The van der Waals surface area contributed by atoms with Gasteiger partial charge in [0.2, 0.25) is 0 Å². The van der Waals surface area contributed by atoms with Gasteiger partial charge in [-0.15, -0.1) is 0 Å². The minimum atomic E-state index is -1.20. The third-order valence-electron chi connectivity index (χ3n) is 2.53. The van der Waals surface area contributed by atoms with Crippen molar-refractivity contribution in [1.82, 2.24) is 15.6 Å². The number of guanidine groups is 1. The van der Waals surface area contributed by atoms with Crippen molar-refractivity contribution in [3.05, 3.63) is 47.9 Å². The first kappa shape index (κ1) is 14.5. The number of pyridine rings is 1. The zero-order chi connectivity index (χ0) is 15.2. The Morgan fingerprint density at radius 2 is 2.38 bits per heavy atom. The summed E-state index contributed by atoms with van der Waals surface area (Å²) in [5, 5.41) is 11.4. The van der Waals surface area contributed by atoms with Crippen LogP contribution in [0.2, 0.25) is 0 Å². The number of hydrogen-bond donors (Lipinski definition) is 4. The van der Waals surface area contributed by atoms with Crippen LogP contribution < -0.4 is 16.4 Å². The molecule has 21 heavy (non-hydrogen) atoms. The molecule has 0 saturated heterocycles. The van der Waals surface area contributed by atoms with Crippen LogP contribution in [0.15, 0.2) is 36.6 Å². The first-order valence-corrected chi connectivity index (χ1v) is 6.07. The number of nitrogens with two attached hydrogens (primary N) is 1. The zero-order valence-corrected chi connectivity index (χ0v) is 11.0. The second-order valence-electron chi connectivity index (χ2n) is 4.16. The molecular weight excluding hydrogens is 277 g/mol. The van der Waals surface area contributed by atoms with Crippen LogP contribution >= 0.6 is 0 Å². The number of rotatable bonds is 3. The summed E-state index contributed by atoms with van der Waals surface area (Å²) in [6.07, 6.45) is 2.50. The molecule has 0 saturated carbocycles. The molecule has 0 aromatic carbocycles. The van der Waals surface area contributed by atoms with E-state index in [0.29, 0.717) is 11.4 Å². The second kappa shape index (κ2) is 6.51. The standard InChI is InChI=1S/C13H14FN5O2/c14-11-5-4-8(6-17-11)10-3-1-2-9(18-10)7-21-13(20)19-12(15)16/h1-6,11,17H,7H2,(H4,15,16,19,20). The highest BCUT2D eigenvalue weighted by Gasteiger charge is 2.09. The van der Waals surface area contributed by atoms with E-state index in [1.807, 2.05) is 5.32 Å². The number of nitrogens with one attached hydrogen (secondary N) is 3. The molecule has 8 heteroatoms. The predicted molar refractivity (Wildman–Crippen MR) is 74.6 cm³/mol. The summed E-state index contributed by atoms with van der Waals surface area (Å²) in [5.74, 6) is -0.494. The maximum atomic E-state index is 12.9. The minimum Gasteiger partial charge on any atom is -0.443 e. The number of hydrogen-bond acceptors (Lipinski definition) is 5. The van der Waals surface area contributed by atoms with Gasteiger partial charge in [-0.1, -0.05) is 12.1 Å². The summed E-state index contributed by atoms with van der Waals surface area (Å²) in [5.41, 5.74) is 6.86. The van der Waals surface area contributed by atoms with Gasteiger partial charge in [-0.3, -0.25) is 10.7 Å². The molecule has 1 unspecified atom stereocenters. The maximum absolute atomic E-state index is 12.9. The number of allylic oxidation sites excluding steroid dienone is 2. The van der Waals surface area contributed by atoms with E-state index in [1.54, 1.807) is 24.3 Å². The number of ether oxygens (including phenoxy) is 1. The van der Waals surface area contributed by atoms with Crippen molar-refractivity contribution < 1.29 is 13.9 Å². The van der Waals surface area contributed by atoms with Gasteiger partial charge in [-0.2, -0.15) is 0 Å². The molecule has 1 atom stereocenters. The van der Waals surface area contributed by atoms with Crippen molar-refractivity contribution in [2.45, 2.75) is 12.9 Å². The van der Waals surface area contributed by atoms with Gasteiger partial charge in [-0.25, -0.2) is 14.2 Å². The molecule has 0 bridgehead atoms. The average Bonchev–Trinajstić information content (AvgIpc) is 2.45. The van der Waals surface area contributed by atoms with E-state index in [0.717, 1.165) is 5.57 Å². The van der Waals surface area contributed by atoms with E-state index in [9.17, 15) is 9.18 Å². The van der Waals surface area contributed by atoms with E-state index in [-0.39, 0.29) is 6.61 Å². The monoisotopic (exact) mass is 291 g/mol. The average molecular weight is 291 g/mol. The number of carbonyl (C=O) groups excluding carboxylic acids is 1. The fourth-order valence-corrected chi connectivity index (χ4v) is 1.63. The molecule has 1 aliphatic rings. The summed E-state index contributed by atoms with van der Waals surface area (Å²) in [6.45, 7) is -0.0664. The third kappa shape index (κ3) is 4.30. The first-order valence-electron chi connectivity index (χ1n) is 6.07. The summed E-state index contributed by atoms with van der Waals surface area (Å²) < 4.78 is 17.8. The van der Waals surface area contributed by atoms with Crippen LogP contribution in [0.1, 0.15) is 11.4 Å². The predicted octanol–water partition coefficient (Wildman–Crippen LogP) is 0.997. The first-order chi connectivity index (χ1) is 10.0. The van der Waals surface area contributed by atoms with E-state index < -0.39 is 18.3 Å². The Balaban J connectivity index is 2.00. The van der Waals surface area contributed by atoms with Crippen LogP contribution in [0, 0.1) is 5.41 Å². The van der Waals surface area contributed by atoms with Crippen molar-refractivity contribution in [3.8, 4) is 0 Å². The number of carbonyl (C=O) groups is 1. The fraction of sp³-hybridized carbons (Fsp3) is 0.154. The lowest BCUT2D eigenvalue weighted by molar-refractivity contribution is 0.143. The van der Waals surface area contributed by atoms with Crippen molar-refractivity contribution in [2.75, 3.05) is 0 Å². The Kier molecular flexibility index (Phi) is 4.50. The van der Waals surface area contributed by atoms with Gasteiger partial charge in [0, 0.05) is 11.8 Å². The smallest absolute Gasteiger partial charge is 0.414 e. The molecule has 1 aromatic rings. The van der Waals surface area contributed by atoms with E-state index >= 15 is 0 Å². The molecule has 0 radical (unpaired) electrons. The Bertz CT molecular complexity index is 614. The Morgan fingerprint density at radius 3 is 3.05 bits per heavy atom. The summed E-state index contributed by atoms with van der Waals surface area (Å²) >= 11 is 0. The number of amides is 1. The highest BCUT2D eigenvalue weighted by Crippen LogP contribution is 2.17. The largest absolute Gasteiger partial charge is 0.443 e. The van der Waals surface area contributed by atoms with Crippen LogP contribution in [0.4, 0.5) is 9.18 Å². The summed E-state index contributed by atoms with van der Waals surface area (Å²) in [4.78, 5) is 15.5. The van der Waals surface area contributed by atoms with Gasteiger partial charge in [-0.05, 0) is 18.2 Å². The minimum absolute atomic E-state index is 0.0664. The van der Waals surface area contributed by atoms with E-state index in [2.05, 4.69) is 10.3 Å². The molecule has 110 valence electrons. The highest BCUT2D eigenvalue weighted by molar-refractivity contribution is 5.90. The summed E-state index contributed by atoms with van der Waals surface area (Å²) in [7, 11) is 0. The lowest BCUT2D eigenvalue weighted by Gasteiger charge is -2.12. The summed E-state index contributed by atoms with van der Waals surface area (Å²) in [6, 6.07) is 5.19. The second-order valence-corrected chi connectivity index (χ2v) is 4.16. The number of aromatic nitrogens is 1. The molecule has 2 rings (SSSR count). The maximum Gasteiger partial charge on any atom is 0.414 e. The number of dihydropyridines is 1. The number of halogens is 1. The molecule has 0 fully saturated rings. The van der Waals surface area contributed by atoms with Crippen LogP contribution in [-0.4, -0.2) is 23.3 Å². The van der Waals surface area contributed by atoms with Crippen LogP contribution in [0.25, 0.3) is 5.57 Å². The third-order valence-corrected chi connectivity index (χ3v) is 2.53. The Labute approximate surface area is 120 Å². The number of nitrogens with zero attached hydrogens (tertiary/aromatic N) is 1. The van der Waals surface area contributed by atoms with Gasteiger partial charge in [0.15, 0.2) is 12.3 Å². The van der Waals surface area contributed by atoms with Crippen molar-refractivity contribution in [1.29, 1.82) is 5.41 Å². The normalized spacial score (nSPS) is 16.6. The topological polar surface area (TPSA) is 113 Å². The molecule has 5 N–H and O–H groups in total. The molecule has 1 aromatic heterocycles. The van der Waals surface area contributed by atoms with Crippen molar-refractivity contribution >= 4 is 17.6 Å².